The summed E-state index contributed by atoms with van der Waals surface area (Å²) >= 11 is 0. The lowest BCUT2D eigenvalue weighted by atomic mass is 10.1. The lowest BCUT2D eigenvalue weighted by molar-refractivity contribution is -0.158. The number of Topliss-reactive ketones (excluding diaryl/α,β-unsaturated/α-hetero) is 1. The van der Waals surface area contributed by atoms with Gasteiger partial charge in [-0.15, -0.1) is 0 Å². The van der Waals surface area contributed by atoms with Crippen molar-refractivity contribution in [1.29, 1.82) is 0 Å². The summed E-state index contributed by atoms with van der Waals surface area (Å²) in [4.78, 5) is 47.1. The van der Waals surface area contributed by atoms with E-state index >= 15 is 0 Å². The van der Waals surface area contributed by atoms with E-state index in [1.165, 1.54) is 0 Å². The molecule has 1 aromatic rings. The number of hydrogen-bond donors (Lipinski definition) is 2. The Balaban J connectivity index is 1.92. The summed E-state index contributed by atoms with van der Waals surface area (Å²) in [6.45, 7) is 4.36. The van der Waals surface area contributed by atoms with Gasteiger partial charge in [0, 0.05) is 18.4 Å². The van der Waals surface area contributed by atoms with Crippen molar-refractivity contribution >= 4 is 23.7 Å². The van der Waals surface area contributed by atoms with Crippen molar-refractivity contribution in [3.63, 3.8) is 0 Å². The Morgan fingerprint density at radius 3 is 2.43 bits per heavy atom. The number of urea groups is 1. The van der Waals surface area contributed by atoms with E-state index in [0.29, 0.717) is 30.3 Å². The molecule has 0 radical (unpaired) electrons. The van der Waals surface area contributed by atoms with Crippen molar-refractivity contribution < 1.29 is 33.4 Å². The number of esters is 1. The number of rotatable bonds is 7. The number of amides is 3. The van der Waals surface area contributed by atoms with Crippen LogP contribution in [-0.4, -0.2) is 43.0 Å². The van der Waals surface area contributed by atoms with Crippen LogP contribution in [0.25, 0.3) is 0 Å². The zero-order chi connectivity index (χ0) is 20.7. The first-order valence-corrected chi connectivity index (χ1v) is 9.00. The van der Waals surface area contributed by atoms with Crippen LogP contribution in [0.1, 0.15) is 43.5 Å². The number of nitrogens with two attached hydrogens (primary N) is 1. The van der Waals surface area contributed by atoms with Gasteiger partial charge in [0.1, 0.15) is 0 Å². The number of imide groups is 1. The van der Waals surface area contributed by atoms with E-state index in [-0.39, 0.29) is 24.5 Å². The molecule has 0 saturated carbocycles. The molecule has 3 N–H and O–H groups in total. The fraction of sp³-hybridized carbons (Fsp3) is 0.474. The van der Waals surface area contributed by atoms with Crippen LogP contribution in [0, 0.1) is 5.92 Å². The maximum Gasteiger partial charge on any atom is 0.318 e. The van der Waals surface area contributed by atoms with Gasteiger partial charge in [0.05, 0.1) is 19.6 Å². The Hall–Kier alpha value is -3.10. The zero-order valence-electron chi connectivity index (χ0n) is 15.9. The highest BCUT2D eigenvalue weighted by atomic mass is 16.5. The Morgan fingerprint density at radius 2 is 1.79 bits per heavy atom. The Labute approximate surface area is 162 Å². The van der Waals surface area contributed by atoms with Crippen LogP contribution in [0.15, 0.2) is 18.2 Å². The number of ketones is 1. The van der Waals surface area contributed by atoms with Crippen LogP contribution in [0.3, 0.4) is 0 Å². The average molecular weight is 392 g/mol. The minimum atomic E-state index is -1.17. The molecule has 152 valence electrons. The fourth-order valence-corrected chi connectivity index (χ4v) is 2.58. The fourth-order valence-electron chi connectivity index (χ4n) is 2.58. The summed E-state index contributed by atoms with van der Waals surface area (Å²) in [5.41, 5.74) is 5.30. The van der Waals surface area contributed by atoms with E-state index in [4.69, 9.17) is 19.9 Å². The molecular weight excluding hydrogens is 368 g/mol. The van der Waals surface area contributed by atoms with Crippen LogP contribution < -0.4 is 20.5 Å². The molecule has 28 heavy (non-hydrogen) atoms. The second-order valence-corrected chi connectivity index (χ2v) is 6.64. The van der Waals surface area contributed by atoms with Crippen LogP contribution >= 0.6 is 0 Å². The van der Waals surface area contributed by atoms with Gasteiger partial charge in [0.2, 0.25) is 0 Å². The van der Waals surface area contributed by atoms with Gasteiger partial charge in [-0.05, 0) is 24.1 Å². The zero-order valence-corrected chi connectivity index (χ0v) is 15.9. The third-order valence-corrected chi connectivity index (χ3v) is 3.99. The lowest BCUT2D eigenvalue weighted by Crippen LogP contribution is -2.45. The topological polar surface area (TPSA) is 134 Å². The highest BCUT2D eigenvalue weighted by Crippen LogP contribution is 2.30. The Kier molecular flexibility index (Phi) is 7.36. The number of fused-ring (bicyclic) bond motifs is 1. The molecule has 2 rings (SSSR count). The Bertz CT molecular complexity index is 761. The van der Waals surface area contributed by atoms with E-state index in [1.807, 2.05) is 5.32 Å². The van der Waals surface area contributed by atoms with Crippen molar-refractivity contribution in [3.05, 3.63) is 23.8 Å². The van der Waals surface area contributed by atoms with Crippen molar-refractivity contribution in [2.45, 2.75) is 39.2 Å². The molecule has 1 aliphatic heterocycles. The maximum absolute atomic E-state index is 12.4. The van der Waals surface area contributed by atoms with E-state index < -0.39 is 24.0 Å². The van der Waals surface area contributed by atoms with Crippen molar-refractivity contribution in [2.24, 2.45) is 11.7 Å². The molecular formula is C19H24N2O7. The molecule has 1 heterocycles. The lowest BCUT2D eigenvalue weighted by Gasteiger charge is -2.19. The second-order valence-electron chi connectivity index (χ2n) is 6.64. The van der Waals surface area contributed by atoms with Gasteiger partial charge in [0.15, 0.2) is 23.4 Å². The predicted octanol–water partition coefficient (Wildman–Crippen LogP) is 1.57. The monoisotopic (exact) mass is 392 g/mol. The van der Waals surface area contributed by atoms with E-state index in [0.717, 1.165) is 6.42 Å². The minimum absolute atomic E-state index is 0.0965. The molecule has 0 bridgehead atoms. The van der Waals surface area contributed by atoms with E-state index in [9.17, 15) is 19.2 Å². The first-order valence-electron chi connectivity index (χ1n) is 9.00. The third kappa shape index (κ3) is 5.97. The summed E-state index contributed by atoms with van der Waals surface area (Å²) in [6.07, 6.45) is -0.723. The standard InChI is InChI=1S/C19H24N2O7/c1-11(2)17(18(24)21-19(20)25)28-16(23)7-5-13(22)12-4-6-14-15(10-12)27-9-3-8-26-14/h4,6,10-11,17H,3,5,7-9H2,1-2H3,(H3,20,21,24,25)/t17-/m1/s1. The van der Waals surface area contributed by atoms with E-state index in [2.05, 4.69) is 0 Å². The molecule has 0 fully saturated rings. The molecule has 0 aliphatic carbocycles. The smallest absolute Gasteiger partial charge is 0.318 e. The van der Waals surface area contributed by atoms with Crippen molar-refractivity contribution in [3.8, 4) is 11.5 Å². The highest BCUT2D eigenvalue weighted by Gasteiger charge is 2.27. The molecule has 0 aromatic heterocycles. The molecule has 9 heteroatoms. The van der Waals surface area contributed by atoms with Gasteiger partial charge in [-0.1, -0.05) is 13.8 Å². The Morgan fingerprint density at radius 1 is 1.11 bits per heavy atom. The number of nitrogens with one attached hydrogen (secondary N) is 1. The molecule has 1 aromatic carbocycles. The van der Waals surface area contributed by atoms with Gasteiger partial charge in [0.25, 0.3) is 5.91 Å². The van der Waals surface area contributed by atoms with Crippen LogP contribution in [0.2, 0.25) is 0 Å². The van der Waals surface area contributed by atoms with Crippen LogP contribution in [-0.2, 0) is 14.3 Å². The SMILES string of the molecule is CC(C)[C@@H](OC(=O)CCC(=O)c1ccc2c(c1)OCCCO2)C(=O)NC(N)=O. The number of benzene rings is 1. The van der Waals surface area contributed by atoms with Crippen molar-refractivity contribution in [2.75, 3.05) is 13.2 Å². The first-order chi connectivity index (χ1) is 13.3. The summed E-state index contributed by atoms with van der Waals surface area (Å²) < 4.78 is 16.2. The normalized spacial score (nSPS) is 14.0. The molecule has 0 spiro atoms. The predicted molar refractivity (Wildman–Crippen MR) is 98.1 cm³/mol. The van der Waals surface area contributed by atoms with Crippen LogP contribution in [0.5, 0.6) is 11.5 Å². The summed E-state index contributed by atoms with van der Waals surface area (Å²) in [6, 6.07) is 3.83. The van der Waals surface area contributed by atoms with Gasteiger partial charge in [-0.3, -0.25) is 19.7 Å². The second kappa shape index (κ2) is 9.72. The number of hydrogen-bond acceptors (Lipinski definition) is 7. The molecule has 1 aliphatic rings. The summed E-state index contributed by atoms with van der Waals surface area (Å²) in [7, 11) is 0. The molecule has 1 atom stereocenters. The highest BCUT2D eigenvalue weighted by molar-refractivity contribution is 5.99. The molecule has 0 unspecified atom stereocenters. The largest absolute Gasteiger partial charge is 0.490 e. The van der Waals surface area contributed by atoms with Crippen molar-refractivity contribution in [1.82, 2.24) is 5.32 Å². The van der Waals surface area contributed by atoms with Gasteiger partial charge in [-0.2, -0.15) is 0 Å². The number of carbonyl (C=O) groups is 4. The van der Waals surface area contributed by atoms with E-state index in [1.54, 1.807) is 32.0 Å². The maximum atomic E-state index is 12.4. The molecule has 3 amide bonds. The number of ether oxygens (including phenoxy) is 3. The average Bonchev–Trinajstić information content (AvgIpc) is 2.87. The number of primary amides is 1. The summed E-state index contributed by atoms with van der Waals surface area (Å²) in [5, 5.41) is 1.88. The van der Waals surface area contributed by atoms with Gasteiger partial charge in [-0.25, -0.2) is 4.79 Å². The van der Waals surface area contributed by atoms with Gasteiger partial charge < -0.3 is 19.9 Å². The quantitative estimate of drug-likeness (QED) is 0.531. The first kappa shape index (κ1) is 21.2. The third-order valence-electron chi connectivity index (χ3n) is 3.99. The van der Waals surface area contributed by atoms with Crippen LogP contribution in [0.4, 0.5) is 4.79 Å². The minimum Gasteiger partial charge on any atom is -0.490 e. The summed E-state index contributed by atoms with van der Waals surface area (Å²) in [5.74, 6) is -1.09. The number of carbonyl (C=O) groups excluding carboxylic acids is 4. The van der Waals surface area contributed by atoms with Gasteiger partial charge >= 0.3 is 12.0 Å². The molecule has 0 saturated heterocycles. The molecule has 9 nitrogen and oxygen atoms in total.